The molecule has 0 bridgehead atoms. The third kappa shape index (κ3) is 6.76. The minimum absolute atomic E-state index is 0.0252. The second-order valence-electron chi connectivity index (χ2n) is 10.6. The van der Waals surface area contributed by atoms with Gasteiger partial charge in [0.25, 0.3) is 0 Å². The number of fused-ring (bicyclic) bond motifs is 1. The molecule has 0 radical (unpaired) electrons. The zero-order valence-electron chi connectivity index (χ0n) is 23.3. The number of aromatic amines is 1. The molecule has 1 unspecified atom stereocenters. The number of hydrogen-bond donors (Lipinski definition) is 4. The molecule has 1 saturated heterocycles. The molecule has 2 heterocycles. The smallest absolute Gasteiger partial charge is 0.241 e. The number of carbonyl (C=O) groups is 2. The lowest BCUT2D eigenvalue weighted by Gasteiger charge is -2.18. The van der Waals surface area contributed by atoms with Crippen molar-refractivity contribution in [3.63, 3.8) is 0 Å². The van der Waals surface area contributed by atoms with Gasteiger partial charge in [-0.1, -0.05) is 36.4 Å². The average molecular weight is 539 g/mol. The first-order chi connectivity index (χ1) is 19.5. The Bertz CT molecular complexity index is 1460. The van der Waals surface area contributed by atoms with Crippen LogP contribution in [0.4, 0.5) is 5.69 Å². The Morgan fingerprint density at radius 1 is 0.975 bits per heavy atom. The number of anilines is 1. The van der Waals surface area contributed by atoms with Crippen LogP contribution in [0.15, 0.2) is 66.9 Å². The van der Waals surface area contributed by atoms with E-state index < -0.39 is 0 Å². The first-order valence-corrected chi connectivity index (χ1v) is 14.1. The Morgan fingerprint density at radius 3 is 2.42 bits per heavy atom. The van der Waals surface area contributed by atoms with Gasteiger partial charge in [0.1, 0.15) is 5.82 Å². The Kier molecular flexibility index (Phi) is 8.88. The Balaban J connectivity index is 1.18. The van der Waals surface area contributed by atoms with Crippen molar-refractivity contribution < 1.29 is 9.59 Å². The van der Waals surface area contributed by atoms with E-state index in [1.165, 1.54) is 10.8 Å². The van der Waals surface area contributed by atoms with Crippen molar-refractivity contribution >= 4 is 28.3 Å². The number of H-pyrrole nitrogens is 1. The second-order valence-corrected chi connectivity index (χ2v) is 10.6. The summed E-state index contributed by atoms with van der Waals surface area (Å²) in [6.45, 7) is 2.01. The number of amides is 2. The minimum atomic E-state index is -0.0350. The van der Waals surface area contributed by atoms with Crippen molar-refractivity contribution in [2.75, 3.05) is 39.0 Å². The molecule has 4 N–H and O–H groups in total. The number of rotatable bonds is 11. The molecule has 1 fully saturated rings. The summed E-state index contributed by atoms with van der Waals surface area (Å²) in [7, 11) is 3.77. The van der Waals surface area contributed by atoms with Crippen LogP contribution in [0.3, 0.4) is 0 Å². The van der Waals surface area contributed by atoms with Crippen LogP contribution in [-0.2, 0) is 16.0 Å². The molecule has 5 rings (SSSR count). The second kappa shape index (κ2) is 12.9. The van der Waals surface area contributed by atoms with Crippen molar-refractivity contribution in [2.24, 2.45) is 0 Å². The number of hydrogen-bond acceptors (Lipinski definition) is 5. The number of carbonyl (C=O) groups excluding carboxylic acids is 2. The molecule has 4 aromatic rings. The summed E-state index contributed by atoms with van der Waals surface area (Å²) in [5.74, 6) is 1.06. The third-order valence-electron chi connectivity index (χ3n) is 7.59. The molecule has 0 saturated carbocycles. The summed E-state index contributed by atoms with van der Waals surface area (Å²) in [6.07, 6.45) is 6.60. The molecule has 1 aromatic heterocycles. The van der Waals surface area contributed by atoms with Gasteiger partial charge in [-0.25, -0.2) is 4.98 Å². The molecule has 3 aromatic carbocycles. The number of imidazole rings is 1. The molecule has 40 heavy (non-hydrogen) atoms. The van der Waals surface area contributed by atoms with E-state index in [1.807, 2.05) is 25.4 Å². The van der Waals surface area contributed by atoms with E-state index in [0.717, 1.165) is 72.5 Å². The molecule has 8 nitrogen and oxygen atoms in total. The highest BCUT2D eigenvalue weighted by Crippen LogP contribution is 2.29. The number of aromatic nitrogens is 2. The lowest BCUT2D eigenvalue weighted by Crippen LogP contribution is -2.37. The molecule has 0 aliphatic carbocycles. The van der Waals surface area contributed by atoms with Crippen LogP contribution >= 0.6 is 0 Å². The number of unbranched alkanes of at least 4 members (excludes halogenated alkanes) is 1. The van der Waals surface area contributed by atoms with Crippen molar-refractivity contribution in [2.45, 2.75) is 38.1 Å². The maximum Gasteiger partial charge on any atom is 0.241 e. The molecule has 208 valence electrons. The van der Waals surface area contributed by atoms with E-state index in [9.17, 15) is 9.59 Å². The predicted molar refractivity (Wildman–Crippen MR) is 161 cm³/mol. The highest BCUT2D eigenvalue weighted by Gasteiger charge is 2.27. The van der Waals surface area contributed by atoms with E-state index in [0.29, 0.717) is 13.1 Å². The fraction of sp³-hybridized carbons (Fsp3) is 0.344. The van der Waals surface area contributed by atoms with Crippen molar-refractivity contribution in [3.8, 4) is 22.4 Å². The quantitative estimate of drug-likeness (QED) is 0.209. The van der Waals surface area contributed by atoms with Crippen LogP contribution in [0.25, 0.3) is 33.2 Å². The van der Waals surface area contributed by atoms with Crippen molar-refractivity contribution in [1.82, 2.24) is 25.5 Å². The Morgan fingerprint density at radius 2 is 1.70 bits per heavy atom. The third-order valence-corrected chi connectivity index (χ3v) is 7.59. The number of nitrogens with zero attached hydrogens (tertiary/aromatic N) is 2. The lowest BCUT2D eigenvalue weighted by atomic mass is 9.99. The molecule has 1 aliphatic heterocycles. The normalized spacial score (nSPS) is 15.4. The zero-order valence-corrected chi connectivity index (χ0v) is 23.3. The summed E-state index contributed by atoms with van der Waals surface area (Å²) < 4.78 is 0. The first kappa shape index (κ1) is 27.6. The van der Waals surface area contributed by atoms with Crippen LogP contribution in [0, 0.1) is 0 Å². The van der Waals surface area contributed by atoms with Gasteiger partial charge in [-0.3, -0.25) is 14.5 Å². The van der Waals surface area contributed by atoms with Gasteiger partial charge >= 0.3 is 0 Å². The van der Waals surface area contributed by atoms with Crippen LogP contribution < -0.4 is 16.0 Å². The molecule has 2 amide bonds. The van der Waals surface area contributed by atoms with Crippen LogP contribution in [0.2, 0.25) is 0 Å². The summed E-state index contributed by atoms with van der Waals surface area (Å²) in [4.78, 5) is 34.2. The Labute approximate surface area is 235 Å². The molecule has 8 heteroatoms. The number of nitrogens with one attached hydrogen (secondary N) is 4. The van der Waals surface area contributed by atoms with Gasteiger partial charge in [-0.2, -0.15) is 0 Å². The maximum absolute atomic E-state index is 12.6. The standard InChI is InChI=1S/C32H38N6O2/c1-33-21-31(39)34-16-4-3-7-30-35-20-28(37-30)26-11-10-24-18-23(8-9-25(24)19-26)22-12-14-27(15-13-22)36-32(40)29-6-5-17-38(29)2/h8-15,18-20,29,33H,3-7,16-17,21H2,1-2H3,(H,34,39)(H,35,37)(H,36,40). The summed E-state index contributed by atoms with van der Waals surface area (Å²) in [5, 5.41) is 11.2. The predicted octanol–water partition coefficient (Wildman–Crippen LogP) is 4.59. The summed E-state index contributed by atoms with van der Waals surface area (Å²) in [5.41, 5.74) is 5.19. The molecule has 0 spiro atoms. The van der Waals surface area contributed by atoms with Crippen LogP contribution in [0.1, 0.15) is 31.5 Å². The topological polar surface area (TPSA) is 102 Å². The lowest BCUT2D eigenvalue weighted by molar-refractivity contribution is -0.120. The average Bonchev–Trinajstić information content (AvgIpc) is 3.62. The van der Waals surface area contributed by atoms with Gasteiger partial charge in [0, 0.05) is 24.2 Å². The van der Waals surface area contributed by atoms with E-state index in [4.69, 9.17) is 0 Å². The van der Waals surface area contributed by atoms with Gasteiger partial charge in [0.15, 0.2) is 0 Å². The fourth-order valence-electron chi connectivity index (χ4n) is 5.31. The maximum atomic E-state index is 12.6. The largest absolute Gasteiger partial charge is 0.355 e. The van der Waals surface area contributed by atoms with E-state index in [-0.39, 0.29) is 17.9 Å². The number of likely N-dealkylation sites (tertiary alicyclic amines) is 1. The van der Waals surface area contributed by atoms with E-state index in [1.54, 1.807) is 7.05 Å². The first-order valence-electron chi connectivity index (χ1n) is 14.1. The highest BCUT2D eigenvalue weighted by atomic mass is 16.2. The van der Waals surface area contributed by atoms with Gasteiger partial charge < -0.3 is 20.9 Å². The monoisotopic (exact) mass is 538 g/mol. The summed E-state index contributed by atoms with van der Waals surface area (Å²) >= 11 is 0. The van der Waals surface area contributed by atoms with Gasteiger partial charge in [-0.15, -0.1) is 0 Å². The number of benzene rings is 3. The summed E-state index contributed by atoms with van der Waals surface area (Å²) in [6, 6.07) is 21.0. The van der Waals surface area contributed by atoms with Gasteiger partial charge in [-0.05, 0) is 92.5 Å². The zero-order chi connectivity index (χ0) is 27.9. The molecular formula is C32H38N6O2. The number of aryl methyl sites for hydroxylation is 1. The van der Waals surface area contributed by atoms with E-state index >= 15 is 0 Å². The Hall–Kier alpha value is -4.01. The molecule has 1 aliphatic rings. The fourth-order valence-corrected chi connectivity index (χ4v) is 5.31. The van der Waals surface area contributed by atoms with Crippen molar-refractivity contribution in [3.05, 3.63) is 72.7 Å². The van der Waals surface area contributed by atoms with E-state index in [2.05, 4.69) is 79.3 Å². The van der Waals surface area contributed by atoms with Crippen molar-refractivity contribution in [1.29, 1.82) is 0 Å². The van der Waals surface area contributed by atoms with Crippen LogP contribution in [-0.4, -0.2) is 66.5 Å². The number of likely N-dealkylation sites (N-methyl/N-ethyl adjacent to an activating group) is 2. The molecule has 1 atom stereocenters. The minimum Gasteiger partial charge on any atom is -0.355 e. The van der Waals surface area contributed by atoms with Crippen LogP contribution in [0.5, 0.6) is 0 Å². The molecular weight excluding hydrogens is 500 g/mol. The van der Waals surface area contributed by atoms with Gasteiger partial charge in [0.2, 0.25) is 11.8 Å². The highest BCUT2D eigenvalue weighted by molar-refractivity contribution is 5.95. The van der Waals surface area contributed by atoms with Gasteiger partial charge in [0.05, 0.1) is 24.5 Å². The SMILES string of the molecule is CNCC(=O)NCCCCc1ncc(-c2ccc3cc(-c4ccc(NC(=O)C5CCCN5C)cc4)ccc3c2)[nH]1.